The topological polar surface area (TPSA) is 75.0 Å². The number of ether oxygens (including phenoxy) is 1. The van der Waals surface area contributed by atoms with Crippen molar-refractivity contribution in [2.45, 2.75) is 0 Å². The summed E-state index contributed by atoms with van der Waals surface area (Å²) in [6.45, 7) is 2.06. The second-order valence-electron chi connectivity index (χ2n) is 7.42. The van der Waals surface area contributed by atoms with Crippen LogP contribution in [0.2, 0.25) is 0 Å². The lowest BCUT2D eigenvalue weighted by Gasteiger charge is -2.35. The summed E-state index contributed by atoms with van der Waals surface area (Å²) in [5.74, 6) is -9.82. The molecule has 0 radical (unpaired) electrons. The van der Waals surface area contributed by atoms with Crippen LogP contribution in [0.5, 0.6) is 5.75 Å². The lowest BCUT2D eigenvalue weighted by Crippen LogP contribution is -2.48. The van der Waals surface area contributed by atoms with Gasteiger partial charge >= 0.3 is 0 Å². The van der Waals surface area contributed by atoms with Gasteiger partial charge in [-0.1, -0.05) is 0 Å². The third-order valence-electron chi connectivity index (χ3n) is 5.44. The fourth-order valence-corrected chi connectivity index (χ4v) is 3.66. The van der Waals surface area contributed by atoms with Crippen molar-refractivity contribution in [2.75, 3.05) is 43.5 Å². The Morgan fingerprint density at radius 3 is 2.06 bits per heavy atom. The minimum absolute atomic E-state index is 0.163. The Bertz CT molecular complexity index is 1180. The lowest BCUT2D eigenvalue weighted by molar-refractivity contribution is 0.0714. The summed E-state index contributed by atoms with van der Waals surface area (Å²) in [5.41, 5.74) is -0.435. The predicted molar refractivity (Wildman–Crippen MR) is 114 cm³/mol. The van der Waals surface area contributed by atoms with Gasteiger partial charge in [0.1, 0.15) is 5.56 Å². The van der Waals surface area contributed by atoms with Crippen molar-refractivity contribution in [3.63, 3.8) is 0 Å². The Morgan fingerprint density at radius 1 is 0.912 bits per heavy atom. The standard InChI is InChI=1S/C23H19F4N3O4/c1-33-21-19(26)17(24)16(18(25)20(21)27)22(31)28-13-4-6-14(7-5-13)29-8-10-30(11-9-29)23(32)15-3-2-12-34-15/h2-7,12H,8-11H2,1H3,(H,28,31). The monoisotopic (exact) mass is 477 g/mol. The smallest absolute Gasteiger partial charge is 0.289 e. The highest BCUT2D eigenvalue weighted by Crippen LogP contribution is 2.30. The van der Waals surface area contributed by atoms with Crippen molar-refractivity contribution in [1.82, 2.24) is 4.90 Å². The molecule has 0 bridgehead atoms. The van der Waals surface area contributed by atoms with E-state index >= 15 is 0 Å². The molecule has 7 nitrogen and oxygen atoms in total. The molecule has 1 N–H and O–H groups in total. The van der Waals surface area contributed by atoms with Gasteiger partial charge in [0.15, 0.2) is 23.1 Å². The van der Waals surface area contributed by atoms with Gasteiger partial charge in [0.25, 0.3) is 11.8 Å². The van der Waals surface area contributed by atoms with Gasteiger partial charge in [-0.25, -0.2) is 8.78 Å². The number of nitrogens with one attached hydrogen (secondary N) is 1. The van der Waals surface area contributed by atoms with Gasteiger partial charge < -0.3 is 24.3 Å². The van der Waals surface area contributed by atoms with Crippen LogP contribution in [-0.4, -0.2) is 50.0 Å². The molecule has 4 rings (SSSR count). The van der Waals surface area contributed by atoms with E-state index in [0.29, 0.717) is 26.2 Å². The summed E-state index contributed by atoms with van der Waals surface area (Å²) in [6.07, 6.45) is 1.44. The van der Waals surface area contributed by atoms with Crippen LogP contribution in [0.3, 0.4) is 0 Å². The number of anilines is 2. The maximum atomic E-state index is 14.2. The van der Waals surface area contributed by atoms with E-state index in [1.807, 2.05) is 4.90 Å². The highest BCUT2D eigenvalue weighted by atomic mass is 19.2. The number of halogens is 4. The summed E-state index contributed by atoms with van der Waals surface area (Å²) in [4.78, 5) is 28.4. The molecule has 2 heterocycles. The fraction of sp³-hybridized carbons (Fsp3) is 0.217. The zero-order chi connectivity index (χ0) is 24.4. The zero-order valence-corrected chi connectivity index (χ0v) is 17.9. The summed E-state index contributed by atoms with van der Waals surface area (Å²) in [5, 5.41) is 2.22. The average Bonchev–Trinajstić information content (AvgIpc) is 3.39. The minimum Gasteiger partial charge on any atom is -0.491 e. The Morgan fingerprint density at radius 2 is 1.53 bits per heavy atom. The first kappa shape index (κ1) is 23.1. The molecule has 1 saturated heterocycles. The van der Waals surface area contributed by atoms with Crippen molar-refractivity contribution < 1.29 is 36.3 Å². The Kier molecular flexibility index (Phi) is 6.44. The van der Waals surface area contributed by atoms with E-state index in [1.165, 1.54) is 18.4 Å². The molecule has 0 saturated carbocycles. The Balaban J connectivity index is 1.41. The van der Waals surface area contributed by atoms with Gasteiger partial charge in [0, 0.05) is 37.6 Å². The third kappa shape index (κ3) is 4.28. The number of rotatable bonds is 5. The quantitative estimate of drug-likeness (QED) is 0.443. The van der Waals surface area contributed by atoms with Gasteiger partial charge in [-0.3, -0.25) is 9.59 Å². The number of furan rings is 1. The van der Waals surface area contributed by atoms with E-state index in [0.717, 1.165) is 12.8 Å². The number of piperazine rings is 1. The average molecular weight is 477 g/mol. The van der Waals surface area contributed by atoms with Crippen LogP contribution < -0.4 is 15.0 Å². The van der Waals surface area contributed by atoms with E-state index in [1.54, 1.807) is 29.2 Å². The van der Waals surface area contributed by atoms with E-state index < -0.39 is 40.5 Å². The van der Waals surface area contributed by atoms with Crippen LogP contribution in [0, 0.1) is 23.3 Å². The highest BCUT2D eigenvalue weighted by molar-refractivity contribution is 6.05. The van der Waals surface area contributed by atoms with Crippen LogP contribution in [0.1, 0.15) is 20.9 Å². The number of methoxy groups -OCH3 is 1. The highest BCUT2D eigenvalue weighted by Gasteiger charge is 2.30. The maximum absolute atomic E-state index is 14.2. The van der Waals surface area contributed by atoms with Gasteiger partial charge in [0.05, 0.1) is 13.4 Å². The number of hydrogen-bond donors (Lipinski definition) is 1. The molecule has 0 unspecified atom stereocenters. The van der Waals surface area contributed by atoms with Crippen molar-refractivity contribution in [3.05, 3.63) is 77.3 Å². The molecule has 2 amide bonds. The molecule has 1 aliphatic rings. The van der Waals surface area contributed by atoms with Crippen LogP contribution in [0.25, 0.3) is 0 Å². The second kappa shape index (κ2) is 9.46. The molecule has 11 heteroatoms. The maximum Gasteiger partial charge on any atom is 0.289 e. The Labute approximate surface area is 191 Å². The van der Waals surface area contributed by atoms with E-state index in [9.17, 15) is 27.2 Å². The fourth-order valence-electron chi connectivity index (χ4n) is 3.66. The van der Waals surface area contributed by atoms with Gasteiger partial charge in [-0.2, -0.15) is 8.78 Å². The molecule has 2 aromatic carbocycles. The summed E-state index contributed by atoms with van der Waals surface area (Å²) >= 11 is 0. The number of carbonyl (C=O) groups excluding carboxylic acids is 2. The van der Waals surface area contributed by atoms with Crippen LogP contribution in [0.4, 0.5) is 28.9 Å². The summed E-state index contributed by atoms with van der Waals surface area (Å²) in [7, 11) is 0.846. The van der Waals surface area contributed by atoms with Gasteiger partial charge in [-0.15, -0.1) is 0 Å². The van der Waals surface area contributed by atoms with Crippen molar-refractivity contribution in [3.8, 4) is 5.75 Å². The van der Waals surface area contributed by atoms with Crippen LogP contribution in [-0.2, 0) is 0 Å². The molecule has 0 atom stereocenters. The molecule has 1 fully saturated rings. The first-order valence-corrected chi connectivity index (χ1v) is 10.2. The SMILES string of the molecule is COc1c(F)c(F)c(C(=O)Nc2ccc(N3CCN(C(=O)c4ccco4)CC3)cc2)c(F)c1F. The van der Waals surface area contributed by atoms with Crippen molar-refractivity contribution >= 4 is 23.2 Å². The number of hydrogen-bond acceptors (Lipinski definition) is 5. The minimum atomic E-state index is -1.85. The van der Waals surface area contributed by atoms with Crippen LogP contribution >= 0.6 is 0 Å². The molecule has 34 heavy (non-hydrogen) atoms. The molecular weight excluding hydrogens is 458 g/mol. The van der Waals surface area contributed by atoms with E-state index in [-0.39, 0.29) is 17.4 Å². The first-order valence-electron chi connectivity index (χ1n) is 10.2. The number of nitrogens with zero attached hydrogens (tertiary/aromatic N) is 2. The van der Waals surface area contributed by atoms with Crippen molar-refractivity contribution in [2.24, 2.45) is 0 Å². The largest absolute Gasteiger partial charge is 0.491 e. The second-order valence-corrected chi connectivity index (χ2v) is 7.42. The molecule has 3 aromatic rings. The zero-order valence-electron chi connectivity index (χ0n) is 17.9. The third-order valence-corrected chi connectivity index (χ3v) is 5.44. The molecule has 178 valence electrons. The van der Waals surface area contributed by atoms with Gasteiger partial charge in [-0.05, 0) is 36.4 Å². The Hall–Kier alpha value is -4.02. The molecule has 1 aromatic heterocycles. The molecule has 0 spiro atoms. The van der Waals surface area contributed by atoms with Gasteiger partial charge in [0.2, 0.25) is 11.6 Å². The van der Waals surface area contributed by atoms with Crippen molar-refractivity contribution in [1.29, 1.82) is 0 Å². The predicted octanol–water partition coefficient (Wildman–Crippen LogP) is 4.06. The normalized spacial score (nSPS) is 13.7. The number of benzene rings is 2. The molecule has 0 aliphatic carbocycles. The summed E-state index contributed by atoms with van der Waals surface area (Å²) < 4.78 is 65.6. The van der Waals surface area contributed by atoms with E-state index in [2.05, 4.69) is 10.1 Å². The molecular formula is C23H19F4N3O4. The lowest BCUT2D eigenvalue weighted by atomic mass is 10.1. The molecule has 1 aliphatic heterocycles. The van der Waals surface area contributed by atoms with E-state index in [4.69, 9.17) is 4.42 Å². The van der Waals surface area contributed by atoms with Crippen LogP contribution in [0.15, 0.2) is 47.1 Å². The summed E-state index contributed by atoms with van der Waals surface area (Å²) in [6, 6.07) is 9.56. The number of carbonyl (C=O) groups is 2. The first-order chi connectivity index (χ1) is 16.3. The number of amides is 2.